The molecule has 3 N–H and O–H groups in total. The van der Waals surface area contributed by atoms with Gasteiger partial charge in [0.2, 0.25) is 5.91 Å². The molecule has 8 nitrogen and oxygen atoms in total. The lowest BCUT2D eigenvalue weighted by molar-refractivity contribution is -0.121. The summed E-state index contributed by atoms with van der Waals surface area (Å²) in [4.78, 5) is 25.2. The second kappa shape index (κ2) is 11.2. The Kier molecular flexibility index (Phi) is 8.31. The number of nitrogens with one attached hydrogen (secondary N) is 2. The standard InChI is InChI=1S/C22H29ClN4O4/c1-24-21(28)14-19(25-22(29)30)16-8-11-27(12-9-16)10-2-3-18-13-20(26-31-18)15-4-6-17(23)7-5-15/h4-7,13,16,19,25H,2-3,8-12,14H2,1H3,(H,24,28)(H,29,30). The van der Waals surface area contributed by atoms with Gasteiger partial charge < -0.3 is 25.2 Å². The molecule has 1 aromatic carbocycles. The van der Waals surface area contributed by atoms with E-state index in [4.69, 9.17) is 21.2 Å². The lowest BCUT2D eigenvalue weighted by atomic mass is 9.87. The maximum atomic E-state index is 11.7. The maximum Gasteiger partial charge on any atom is 0.404 e. The third-order valence-electron chi connectivity index (χ3n) is 5.79. The summed E-state index contributed by atoms with van der Waals surface area (Å²) in [5.74, 6) is 0.878. The fourth-order valence-electron chi connectivity index (χ4n) is 4.04. The average Bonchev–Trinajstić information content (AvgIpc) is 3.23. The van der Waals surface area contributed by atoms with E-state index >= 15 is 0 Å². The normalized spacial score (nSPS) is 16.1. The summed E-state index contributed by atoms with van der Waals surface area (Å²) in [6.07, 6.45) is 2.58. The molecular weight excluding hydrogens is 420 g/mol. The summed E-state index contributed by atoms with van der Waals surface area (Å²) in [5.41, 5.74) is 1.78. The van der Waals surface area contributed by atoms with E-state index in [1.807, 2.05) is 30.3 Å². The quantitative estimate of drug-likeness (QED) is 0.542. The number of carboxylic acid groups (broad SMARTS) is 1. The molecule has 3 rings (SSSR count). The van der Waals surface area contributed by atoms with Crippen LogP contribution < -0.4 is 10.6 Å². The van der Waals surface area contributed by atoms with Gasteiger partial charge in [-0.25, -0.2) is 4.79 Å². The number of amides is 2. The number of aromatic nitrogens is 1. The van der Waals surface area contributed by atoms with Crippen LogP contribution in [0, 0.1) is 5.92 Å². The second-order valence-corrected chi connectivity index (χ2v) is 8.34. The number of nitrogens with zero attached hydrogens (tertiary/aromatic N) is 2. The molecule has 9 heteroatoms. The SMILES string of the molecule is CNC(=O)CC(NC(=O)O)C1CCN(CCCc2cc(-c3ccc(Cl)cc3)no2)CC1. The Morgan fingerprint density at radius 2 is 2.00 bits per heavy atom. The highest BCUT2D eigenvalue weighted by molar-refractivity contribution is 6.30. The first-order valence-electron chi connectivity index (χ1n) is 10.6. The minimum absolute atomic E-state index is 0.147. The van der Waals surface area contributed by atoms with Crippen molar-refractivity contribution in [3.05, 3.63) is 41.1 Å². The van der Waals surface area contributed by atoms with Crippen LogP contribution in [0.3, 0.4) is 0 Å². The van der Waals surface area contributed by atoms with Gasteiger partial charge in [-0.05, 0) is 56.9 Å². The smallest absolute Gasteiger partial charge is 0.404 e. The van der Waals surface area contributed by atoms with Crippen molar-refractivity contribution in [1.82, 2.24) is 20.7 Å². The van der Waals surface area contributed by atoms with Gasteiger partial charge in [-0.1, -0.05) is 28.9 Å². The van der Waals surface area contributed by atoms with Gasteiger partial charge >= 0.3 is 6.09 Å². The van der Waals surface area contributed by atoms with Crippen molar-refractivity contribution in [2.45, 2.75) is 38.1 Å². The second-order valence-electron chi connectivity index (χ2n) is 7.90. The van der Waals surface area contributed by atoms with Gasteiger partial charge in [0.15, 0.2) is 0 Å². The largest absolute Gasteiger partial charge is 0.465 e. The summed E-state index contributed by atoms with van der Waals surface area (Å²) >= 11 is 5.93. The molecule has 1 atom stereocenters. The molecule has 0 bridgehead atoms. The van der Waals surface area contributed by atoms with Crippen LogP contribution in [0.25, 0.3) is 11.3 Å². The number of aryl methyl sites for hydroxylation is 1. The van der Waals surface area contributed by atoms with E-state index in [2.05, 4.69) is 20.7 Å². The van der Waals surface area contributed by atoms with Crippen LogP contribution in [0.1, 0.15) is 31.4 Å². The van der Waals surface area contributed by atoms with Crippen LogP contribution in [-0.4, -0.2) is 59.9 Å². The summed E-state index contributed by atoms with van der Waals surface area (Å²) in [6, 6.07) is 9.13. The van der Waals surface area contributed by atoms with Crippen LogP contribution in [-0.2, 0) is 11.2 Å². The first-order valence-corrected chi connectivity index (χ1v) is 11.0. The van der Waals surface area contributed by atoms with E-state index < -0.39 is 6.09 Å². The van der Waals surface area contributed by atoms with E-state index in [1.165, 1.54) is 0 Å². The van der Waals surface area contributed by atoms with E-state index in [9.17, 15) is 9.59 Å². The molecular formula is C22H29ClN4O4. The van der Waals surface area contributed by atoms with E-state index in [0.717, 1.165) is 62.3 Å². The van der Waals surface area contributed by atoms with Crippen molar-refractivity contribution in [2.75, 3.05) is 26.7 Å². The van der Waals surface area contributed by atoms with Crippen molar-refractivity contribution in [3.8, 4) is 11.3 Å². The molecule has 1 aliphatic heterocycles. The Labute approximate surface area is 186 Å². The van der Waals surface area contributed by atoms with E-state index in [1.54, 1.807) is 7.05 Å². The maximum absolute atomic E-state index is 11.7. The Hall–Kier alpha value is -2.58. The van der Waals surface area contributed by atoms with E-state index in [-0.39, 0.29) is 24.3 Å². The Balaban J connectivity index is 1.42. The van der Waals surface area contributed by atoms with Gasteiger partial charge in [0, 0.05) is 42.6 Å². The van der Waals surface area contributed by atoms with Gasteiger partial charge in [0.1, 0.15) is 11.5 Å². The van der Waals surface area contributed by atoms with E-state index in [0.29, 0.717) is 5.02 Å². The molecule has 1 aliphatic rings. The highest BCUT2D eigenvalue weighted by atomic mass is 35.5. The topological polar surface area (TPSA) is 108 Å². The summed E-state index contributed by atoms with van der Waals surface area (Å²) in [6.45, 7) is 2.72. The van der Waals surface area contributed by atoms with Crippen LogP contribution in [0.5, 0.6) is 0 Å². The molecule has 1 aromatic heterocycles. The zero-order valence-electron chi connectivity index (χ0n) is 17.6. The molecule has 1 unspecified atom stereocenters. The molecule has 1 saturated heterocycles. The van der Waals surface area contributed by atoms with Gasteiger partial charge in [-0.3, -0.25) is 4.79 Å². The number of carbonyl (C=O) groups is 2. The van der Waals surface area contributed by atoms with Crippen molar-refractivity contribution in [3.63, 3.8) is 0 Å². The minimum atomic E-state index is -1.08. The van der Waals surface area contributed by atoms with Crippen LogP contribution >= 0.6 is 11.6 Å². The zero-order chi connectivity index (χ0) is 22.2. The Bertz CT molecular complexity index is 863. The van der Waals surface area contributed by atoms with Crippen LogP contribution in [0.4, 0.5) is 4.79 Å². The van der Waals surface area contributed by atoms with Gasteiger partial charge in [-0.2, -0.15) is 0 Å². The highest BCUT2D eigenvalue weighted by Crippen LogP contribution is 2.24. The van der Waals surface area contributed by atoms with Crippen molar-refractivity contribution >= 4 is 23.6 Å². The number of likely N-dealkylation sites (tertiary alicyclic amines) is 1. The molecule has 0 spiro atoms. The van der Waals surface area contributed by atoms with Gasteiger partial charge in [0.25, 0.3) is 0 Å². The number of piperidine rings is 1. The molecule has 168 valence electrons. The number of halogens is 1. The van der Waals surface area contributed by atoms with Crippen molar-refractivity contribution in [2.24, 2.45) is 5.92 Å². The van der Waals surface area contributed by atoms with Crippen LogP contribution in [0.15, 0.2) is 34.9 Å². The lowest BCUT2D eigenvalue weighted by Gasteiger charge is -2.35. The monoisotopic (exact) mass is 448 g/mol. The molecule has 2 heterocycles. The summed E-state index contributed by atoms with van der Waals surface area (Å²) < 4.78 is 5.47. The molecule has 0 saturated carbocycles. The summed E-state index contributed by atoms with van der Waals surface area (Å²) in [5, 5.41) is 19.0. The number of hydrogen-bond donors (Lipinski definition) is 3. The molecule has 31 heavy (non-hydrogen) atoms. The third kappa shape index (κ3) is 6.97. The fraction of sp³-hybridized carbons (Fsp3) is 0.500. The van der Waals surface area contributed by atoms with Gasteiger partial charge in [-0.15, -0.1) is 0 Å². The average molecular weight is 449 g/mol. The molecule has 0 aliphatic carbocycles. The Morgan fingerprint density at radius 3 is 2.65 bits per heavy atom. The number of rotatable bonds is 9. The van der Waals surface area contributed by atoms with Crippen LogP contribution in [0.2, 0.25) is 5.02 Å². The first kappa shape index (κ1) is 23.1. The van der Waals surface area contributed by atoms with Crippen molar-refractivity contribution < 1.29 is 19.2 Å². The summed E-state index contributed by atoms with van der Waals surface area (Å²) in [7, 11) is 1.57. The predicted octanol–water partition coefficient (Wildman–Crippen LogP) is 3.41. The lowest BCUT2D eigenvalue weighted by Crippen LogP contribution is -2.47. The number of benzene rings is 1. The highest BCUT2D eigenvalue weighted by Gasteiger charge is 2.29. The number of carbonyl (C=O) groups excluding carboxylic acids is 1. The fourth-order valence-corrected chi connectivity index (χ4v) is 4.17. The predicted molar refractivity (Wildman–Crippen MR) is 118 cm³/mol. The number of hydrogen-bond acceptors (Lipinski definition) is 5. The molecule has 1 fully saturated rings. The zero-order valence-corrected chi connectivity index (χ0v) is 18.4. The molecule has 0 radical (unpaired) electrons. The Morgan fingerprint density at radius 1 is 1.29 bits per heavy atom. The third-order valence-corrected chi connectivity index (χ3v) is 6.04. The molecule has 2 amide bonds. The first-order chi connectivity index (χ1) is 14.9. The van der Waals surface area contributed by atoms with Gasteiger partial charge in [0.05, 0.1) is 0 Å². The molecule has 2 aromatic rings. The van der Waals surface area contributed by atoms with Crippen molar-refractivity contribution in [1.29, 1.82) is 0 Å². The minimum Gasteiger partial charge on any atom is -0.465 e.